The van der Waals surface area contributed by atoms with Crippen LogP contribution in [-0.4, -0.2) is 31.3 Å². The zero-order valence-corrected chi connectivity index (χ0v) is 22.6. The first-order valence-electron chi connectivity index (χ1n) is 11.6. The van der Waals surface area contributed by atoms with E-state index in [1.807, 2.05) is 6.92 Å². The van der Waals surface area contributed by atoms with E-state index in [0.29, 0.717) is 24.3 Å². The van der Waals surface area contributed by atoms with E-state index in [-0.39, 0.29) is 38.5 Å². The molecule has 2 N–H and O–H groups in total. The first-order chi connectivity index (χ1) is 16.6. The topological polar surface area (TPSA) is 101 Å². The molecule has 10 heteroatoms. The number of carboxylic acids is 1. The highest BCUT2D eigenvalue weighted by Gasteiger charge is 2.26. The smallest absolute Gasteiger partial charge is 0.303 e. The van der Waals surface area contributed by atoms with Crippen molar-refractivity contribution in [2.45, 2.75) is 75.6 Å². The molecule has 0 saturated carbocycles. The Kier molecular flexibility index (Phi) is 12.0. The number of benzene rings is 2. The van der Waals surface area contributed by atoms with Crippen LogP contribution >= 0.6 is 34.8 Å². The Morgan fingerprint density at radius 1 is 0.943 bits per heavy atom. The Morgan fingerprint density at radius 3 is 2.29 bits per heavy atom. The average molecular weight is 563 g/mol. The minimum absolute atomic E-state index is 0.0344. The van der Waals surface area contributed by atoms with Gasteiger partial charge in [0, 0.05) is 28.6 Å². The van der Waals surface area contributed by atoms with E-state index in [0.717, 1.165) is 32.1 Å². The molecular weight excluding hydrogens is 533 g/mol. The van der Waals surface area contributed by atoms with Crippen LogP contribution < -0.4 is 4.72 Å². The molecule has 0 fully saturated rings. The van der Waals surface area contributed by atoms with Crippen molar-refractivity contribution in [2.24, 2.45) is 0 Å². The molecule has 6 nitrogen and oxygen atoms in total. The number of carbonyl (C=O) groups excluding carboxylic acids is 1. The fourth-order valence-corrected chi connectivity index (χ4v) is 6.22. The second kappa shape index (κ2) is 14.2. The molecule has 1 unspecified atom stereocenters. The van der Waals surface area contributed by atoms with Crippen LogP contribution in [0.4, 0.5) is 0 Å². The summed E-state index contributed by atoms with van der Waals surface area (Å²) in [6.45, 7) is 1.98. The molecule has 1 atom stereocenters. The zero-order valence-electron chi connectivity index (χ0n) is 19.5. The van der Waals surface area contributed by atoms with Gasteiger partial charge in [-0.3, -0.25) is 9.59 Å². The number of ketones is 1. The molecule has 0 spiro atoms. The maximum atomic E-state index is 13.2. The maximum absolute atomic E-state index is 13.2. The van der Waals surface area contributed by atoms with Crippen LogP contribution in [0, 0.1) is 0 Å². The maximum Gasteiger partial charge on any atom is 0.303 e. The number of hydrogen-bond acceptors (Lipinski definition) is 4. The SMILES string of the molecule is CCCC(CCCCCCCC(=O)O)NS(=O)(=O)c1cccc(C(=O)c2ccc(Cl)cc2Cl)c1Cl. The number of halogens is 3. The van der Waals surface area contributed by atoms with Crippen molar-refractivity contribution in [3.8, 4) is 0 Å². The van der Waals surface area contributed by atoms with Crippen LogP contribution in [0.1, 0.15) is 80.6 Å². The molecule has 0 aliphatic heterocycles. The summed E-state index contributed by atoms with van der Waals surface area (Å²) in [6, 6.07) is 8.47. The average Bonchev–Trinajstić information content (AvgIpc) is 2.77. The molecule has 0 amide bonds. The minimum atomic E-state index is -3.98. The quantitative estimate of drug-likeness (QED) is 0.177. The lowest BCUT2D eigenvalue weighted by Crippen LogP contribution is -2.35. The summed E-state index contributed by atoms with van der Waals surface area (Å²) >= 11 is 18.5. The third-order valence-electron chi connectivity index (χ3n) is 5.58. The van der Waals surface area contributed by atoms with Crippen molar-refractivity contribution < 1.29 is 23.1 Å². The summed E-state index contributed by atoms with van der Waals surface area (Å²) in [4.78, 5) is 23.4. The van der Waals surface area contributed by atoms with Gasteiger partial charge < -0.3 is 5.11 Å². The van der Waals surface area contributed by atoms with Gasteiger partial charge in [-0.05, 0) is 49.6 Å². The predicted octanol–water partition coefficient (Wildman–Crippen LogP) is 7.14. The summed E-state index contributed by atoms with van der Waals surface area (Å²) in [5.74, 6) is -1.29. The van der Waals surface area contributed by atoms with Crippen LogP contribution in [0.5, 0.6) is 0 Å². The largest absolute Gasteiger partial charge is 0.481 e. The number of hydrogen-bond donors (Lipinski definition) is 2. The Labute approximate surface area is 222 Å². The van der Waals surface area contributed by atoms with E-state index in [1.165, 1.54) is 36.4 Å². The lowest BCUT2D eigenvalue weighted by atomic mass is 10.0. The lowest BCUT2D eigenvalue weighted by molar-refractivity contribution is -0.137. The molecule has 0 aliphatic rings. The second-order valence-corrected chi connectivity index (χ2v) is 11.3. The highest BCUT2D eigenvalue weighted by atomic mass is 35.5. The Hall–Kier alpha value is -1.64. The van der Waals surface area contributed by atoms with Gasteiger partial charge in [-0.25, -0.2) is 13.1 Å². The molecule has 35 heavy (non-hydrogen) atoms. The highest BCUT2D eigenvalue weighted by Crippen LogP contribution is 2.30. The van der Waals surface area contributed by atoms with Gasteiger partial charge in [0.05, 0.1) is 10.0 Å². The number of unbranched alkanes of at least 4 members (excludes halogenated alkanes) is 4. The third kappa shape index (κ3) is 9.07. The Morgan fingerprint density at radius 2 is 1.63 bits per heavy atom. The van der Waals surface area contributed by atoms with Crippen LogP contribution in [0.25, 0.3) is 0 Å². The van der Waals surface area contributed by atoms with Crippen molar-refractivity contribution in [2.75, 3.05) is 0 Å². The number of rotatable bonds is 15. The van der Waals surface area contributed by atoms with Gasteiger partial charge >= 0.3 is 5.97 Å². The molecule has 0 aromatic heterocycles. The Bertz CT molecular complexity index is 1140. The molecule has 0 radical (unpaired) electrons. The fraction of sp³-hybridized carbons (Fsp3) is 0.440. The van der Waals surface area contributed by atoms with Crippen LogP contribution in [0.15, 0.2) is 41.3 Å². The van der Waals surface area contributed by atoms with Crippen LogP contribution in [0.2, 0.25) is 15.1 Å². The number of nitrogens with one attached hydrogen (secondary N) is 1. The number of aliphatic carboxylic acids is 1. The first kappa shape index (κ1) is 29.6. The molecular formula is C25H30Cl3NO5S. The van der Waals surface area contributed by atoms with Crippen LogP contribution in [0.3, 0.4) is 0 Å². The number of sulfonamides is 1. The predicted molar refractivity (Wildman–Crippen MR) is 140 cm³/mol. The van der Waals surface area contributed by atoms with Gasteiger partial charge in [0.1, 0.15) is 4.90 Å². The van der Waals surface area contributed by atoms with E-state index in [4.69, 9.17) is 39.9 Å². The monoisotopic (exact) mass is 561 g/mol. The van der Waals surface area contributed by atoms with Crippen molar-refractivity contribution in [3.05, 3.63) is 62.6 Å². The summed E-state index contributed by atoms with van der Waals surface area (Å²) in [5.41, 5.74) is 0.208. The molecule has 0 saturated heterocycles. The molecule has 2 aromatic rings. The molecule has 2 rings (SSSR count). The molecule has 192 valence electrons. The van der Waals surface area contributed by atoms with Gasteiger partial charge in [0.2, 0.25) is 10.0 Å². The highest BCUT2D eigenvalue weighted by molar-refractivity contribution is 7.89. The van der Waals surface area contributed by atoms with Crippen molar-refractivity contribution in [1.29, 1.82) is 0 Å². The third-order valence-corrected chi connectivity index (χ3v) is 8.21. The number of carboxylic acid groups (broad SMARTS) is 1. The van der Waals surface area contributed by atoms with Crippen molar-refractivity contribution in [3.63, 3.8) is 0 Å². The van der Waals surface area contributed by atoms with Gasteiger partial charge in [-0.2, -0.15) is 0 Å². The van der Waals surface area contributed by atoms with Gasteiger partial charge in [0.15, 0.2) is 5.78 Å². The molecule has 0 bridgehead atoms. The minimum Gasteiger partial charge on any atom is -0.481 e. The first-order valence-corrected chi connectivity index (χ1v) is 14.2. The van der Waals surface area contributed by atoms with E-state index in [2.05, 4.69) is 4.72 Å². The van der Waals surface area contributed by atoms with E-state index < -0.39 is 21.8 Å². The van der Waals surface area contributed by atoms with E-state index in [9.17, 15) is 18.0 Å². The standard InChI is InChI=1S/C25H30Cl3NO5S/c1-2-9-18(10-6-4-3-5-7-13-23(30)31)29-35(33,34)22-12-8-11-20(24(22)28)25(32)19-15-14-17(26)16-21(19)27/h8,11-12,14-16,18,29H,2-7,9-10,13H2,1H3,(H,30,31). The normalized spacial score (nSPS) is 12.5. The van der Waals surface area contributed by atoms with Crippen molar-refractivity contribution >= 4 is 56.6 Å². The van der Waals surface area contributed by atoms with E-state index in [1.54, 1.807) is 0 Å². The lowest BCUT2D eigenvalue weighted by Gasteiger charge is -2.19. The Balaban J connectivity index is 2.11. The fourth-order valence-electron chi connectivity index (χ4n) is 3.80. The zero-order chi connectivity index (χ0) is 26.0. The van der Waals surface area contributed by atoms with Crippen LogP contribution in [-0.2, 0) is 14.8 Å². The van der Waals surface area contributed by atoms with Gasteiger partial charge in [0.25, 0.3) is 0 Å². The molecule has 0 heterocycles. The second-order valence-electron chi connectivity index (χ2n) is 8.38. The van der Waals surface area contributed by atoms with Crippen molar-refractivity contribution in [1.82, 2.24) is 4.72 Å². The summed E-state index contributed by atoms with van der Waals surface area (Å²) in [5, 5.41) is 9.06. The van der Waals surface area contributed by atoms with E-state index >= 15 is 0 Å². The van der Waals surface area contributed by atoms with Gasteiger partial charge in [-0.1, -0.05) is 79.9 Å². The number of carbonyl (C=O) groups is 2. The molecule has 0 aliphatic carbocycles. The summed E-state index contributed by atoms with van der Waals surface area (Å²) < 4.78 is 29.1. The van der Waals surface area contributed by atoms with Gasteiger partial charge in [-0.15, -0.1) is 0 Å². The summed E-state index contributed by atoms with van der Waals surface area (Å²) in [6.07, 6.45) is 6.40. The summed E-state index contributed by atoms with van der Waals surface area (Å²) in [7, 11) is -3.98. The molecule has 2 aromatic carbocycles.